The maximum Gasteiger partial charge on any atom is 0.426 e. The Labute approximate surface area is 82.7 Å². The molecule has 0 bridgehead atoms. The first kappa shape index (κ1) is 12.5. The molecule has 0 aromatic carbocycles. The van der Waals surface area contributed by atoms with Gasteiger partial charge in [-0.3, -0.25) is 0 Å². The fourth-order valence-corrected chi connectivity index (χ4v) is 0.611. The second-order valence-electron chi connectivity index (χ2n) is 3.56. The third kappa shape index (κ3) is 8.63. The summed E-state index contributed by atoms with van der Waals surface area (Å²) >= 11 is 0. The Kier molecular flexibility index (Phi) is 4.76. The largest absolute Gasteiger partial charge is 0.446 e. The number of alkyl carbamates (subject to hydrolysis) is 1. The van der Waals surface area contributed by atoms with Gasteiger partial charge in [0.05, 0.1) is 6.54 Å². The highest BCUT2D eigenvalue weighted by atomic mass is 16.6. The average molecular weight is 203 g/mol. The van der Waals surface area contributed by atoms with Crippen molar-refractivity contribution >= 4 is 12.2 Å². The monoisotopic (exact) mass is 203 g/mol. The Morgan fingerprint density at radius 1 is 1.36 bits per heavy atom. The molecule has 2 amide bonds. The van der Waals surface area contributed by atoms with E-state index in [1.54, 1.807) is 20.8 Å². The number of ether oxygens (including phenoxy) is 2. The maximum atomic E-state index is 11.0. The zero-order chi connectivity index (χ0) is 11.2. The fraction of sp³-hybridized carbons (Fsp3) is 0.750. The molecule has 0 aromatic heterocycles. The molecule has 0 aliphatic rings. The van der Waals surface area contributed by atoms with Crippen molar-refractivity contribution in [1.82, 2.24) is 11.1 Å². The molecule has 6 heteroatoms. The van der Waals surface area contributed by atoms with E-state index in [-0.39, 0.29) is 13.2 Å². The molecule has 0 aliphatic carbocycles. The van der Waals surface area contributed by atoms with Gasteiger partial charge < -0.3 is 14.8 Å². The van der Waals surface area contributed by atoms with Crippen LogP contribution in [0, 0.1) is 0 Å². The number of hydrogen-bond acceptors (Lipinski definition) is 4. The molecule has 0 heterocycles. The Morgan fingerprint density at radius 3 is 2.36 bits per heavy atom. The Hall–Kier alpha value is -1.46. The van der Waals surface area contributed by atoms with Gasteiger partial charge in [0.1, 0.15) is 12.2 Å². The number of nitrogens with one attached hydrogen (secondary N) is 2. The molecule has 0 aliphatic heterocycles. The molecule has 0 saturated carbocycles. The summed E-state index contributed by atoms with van der Waals surface area (Å²) in [7, 11) is 0. The third-order valence-electron chi connectivity index (χ3n) is 1.00. The molecule has 14 heavy (non-hydrogen) atoms. The fourth-order valence-electron chi connectivity index (χ4n) is 0.611. The van der Waals surface area contributed by atoms with Crippen LogP contribution < -0.4 is 11.1 Å². The zero-order valence-electron chi connectivity index (χ0n) is 8.55. The molecular weight excluding hydrogens is 188 g/mol. The van der Waals surface area contributed by atoms with Crippen LogP contribution in [0.3, 0.4) is 0 Å². The van der Waals surface area contributed by atoms with Crippen LogP contribution in [0.25, 0.3) is 0 Å². The van der Waals surface area contributed by atoms with Crippen LogP contribution >= 0.6 is 0 Å². The summed E-state index contributed by atoms with van der Waals surface area (Å²) in [6.07, 6.45) is -1.69. The molecule has 0 aromatic rings. The molecule has 0 unspecified atom stereocenters. The van der Waals surface area contributed by atoms with Gasteiger partial charge in [-0.15, -0.1) is 0 Å². The van der Waals surface area contributed by atoms with Crippen molar-refractivity contribution in [2.45, 2.75) is 26.4 Å². The van der Waals surface area contributed by atoms with Crippen molar-refractivity contribution in [3.63, 3.8) is 0 Å². The number of hydrogen-bond donors (Lipinski definition) is 1. The van der Waals surface area contributed by atoms with E-state index in [0.717, 1.165) is 0 Å². The third-order valence-corrected chi connectivity index (χ3v) is 1.00. The van der Waals surface area contributed by atoms with Gasteiger partial charge in [-0.2, -0.15) is 0 Å². The summed E-state index contributed by atoms with van der Waals surface area (Å²) in [6, 6.07) is 0. The minimum atomic E-state index is -1.11. The Balaban J connectivity index is 3.50. The van der Waals surface area contributed by atoms with Gasteiger partial charge >= 0.3 is 12.2 Å². The summed E-state index contributed by atoms with van der Waals surface area (Å²) in [5.41, 5.74) is 5.86. The highest BCUT2D eigenvalue weighted by molar-refractivity contribution is 5.67. The van der Waals surface area contributed by atoms with E-state index in [2.05, 4.69) is 10.1 Å². The molecule has 0 atom stereocenters. The van der Waals surface area contributed by atoms with Crippen LogP contribution in [0.15, 0.2) is 0 Å². The second-order valence-corrected chi connectivity index (χ2v) is 3.56. The topological polar surface area (TPSA) is 88.4 Å². The van der Waals surface area contributed by atoms with Crippen LogP contribution in [-0.4, -0.2) is 30.9 Å². The standard InChI is InChI=1S/C8H15N2O4/c1-8(2,3)14-7(12)10-4-5-13-6(9)11/h9H,4-5H2,1-3H3,(H,10,12). The van der Waals surface area contributed by atoms with E-state index in [1.165, 1.54) is 0 Å². The van der Waals surface area contributed by atoms with Crippen molar-refractivity contribution < 1.29 is 19.1 Å². The van der Waals surface area contributed by atoms with Crippen molar-refractivity contribution in [2.24, 2.45) is 0 Å². The molecular formula is C8H15N2O4. The predicted octanol–water partition coefficient (Wildman–Crippen LogP) is 0.931. The lowest BCUT2D eigenvalue weighted by Gasteiger charge is -2.19. The van der Waals surface area contributed by atoms with E-state index in [1.807, 2.05) is 0 Å². The minimum Gasteiger partial charge on any atom is -0.446 e. The lowest BCUT2D eigenvalue weighted by atomic mass is 10.2. The molecule has 2 N–H and O–H groups in total. The highest BCUT2D eigenvalue weighted by Crippen LogP contribution is 2.05. The van der Waals surface area contributed by atoms with Crippen LogP contribution in [0.1, 0.15) is 20.8 Å². The number of carbonyl (C=O) groups is 2. The van der Waals surface area contributed by atoms with Crippen LogP contribution in [-0.2, 0) is 9.47 Å². The highest BCUT2D eigenvalue weighted by Gasteiger charge is 2.15. The Bertz CT molecular complexity index is 210. The van der Waals surface area contributed by atoms with Gasteiger partial charge in [0.15, 0.2) is 0 Å². The van der Waals surface area contributed by atoms with Crippen LogP contribution in [0.4, 0.5) is 9.59 Å². The van der Waals surface area contributed by atoms with E-state index in [0.29, 0.717) is 0 Å². The Morgan fingerprint density at radius 2 is 1.93 bits per heavy atom. The van der Waals surface area contributed by atoms with Crippen LogP contribution in [0.5, 0.6) is 0 Å². The normalized spacial score (nSPS) is 10.5. The van der Waals surface area contributed by atoms with E-state index < -0.39 is 17.8 Å². The molecule has 0 fully saturated rings. The number of carbonyl (C=O) groups excluding carboxylic acids is 2. The molecule has 1 radical (unpaired) electrons. The van der Waals surface area contributed by atoms with E-state index in [9.17, 15) is 9.59 Å². The molecule has 6 nitrogen and oxygen atoms in total. The summed E-state index contributed by atoms with van der Waals surface area (Å²) in [4.78, 5) is 21.0. The van der Waals surface area contributed by atoms with Crippen molar-refractivity contribution in [3.05, 3.63) is 0 Å². The quantitative estimate of drug-likeness (QED) is 0.691. The van der Waals surface area contributed by atoms with Gasteiger partial charge in [-0.1, -0.05) is 0 Å². The second kappa shape index (κ2) is 5.31. The predicted molar refractivity (Wildman–Crippen MR) is 48.7 cm³/mol. The SMILES string of the molecule is CC(C)(C)OC(=O)NCCOC([NH])=O. The molecule has 0 rings (SSSR count). The van der Waals surface area contributed by atoms with Gasteiger partial charge in [-0.05, 0) is 20.8 Å². The summed E-state index contributed by atoms with van der Waals surface area (Å²) in [5.74, 6) is 0. The van der Waals surface area contributed by atoms with Gasteiger partial charge in [-0.25, -0.2) is 15.3 Å². The number of amides is 2. The first-order chi connectivity index (χ1) is 6.31. The van der Waals surface area contributed by atoms with Crippen molar-refractivity contribution in [2.75, 3.05) is 13.2 Å². The summed E-state index contributed by atoms with van der Waals surface area (Å²) in [6.45, 7) is 5.35. The molecule has 0 spiro atoms. The minimum absolute atomic E-state index is 0.0262. The lowest BCUT2D eigenvalue weighted by Crippen LogP contribution is -2.34. The lowest BCUT2D eigenvalue weighted by molar-refractivity contribution is 0.0513. The van der Waals surface area contributed by atoms with Crippen molar-refractivity contribution in [1.29, 1.82) is 0 Å². The maximum absolute atomic E-state index is 11.0. The van der Waals surface area contributed by atoms with Gasteiger partial charge in [0.25, 0.3) is 0 Å². The first-order valence-electron chi connectivity index (χ1n) is 4.16. The smallest absolute Gasteiger partial charge is 0.426 e. The van der Waals surface area contributed by atoms with Crippen LogP contribution in [0.2, 0.25) is 0 Å². The molecule has 0 saturated heterocycles. The van der Waals surface area contributed by atoms with Gasteiger partial charge in [0, 0.05) is 0 Å². The molecule has 81 valence electrons. The summed E-state index contributed by atoms with van der Waals surface area (Å²) in [5, 5.41) is 2.37. The van der Waals surface area contributed by atoms with Crippen molar-refractivity contribution in [3.8, 4) is 0 Å². The average Bonchev–Trinajstić information content (AvgIpc) is 1.94. The van der Waals surface area contributed by atoms with E-state index in [4.69, 9.17) is 10.5 Å². The first-order valence-corrected chi connectivity index (χ1v) is 4.16. The summed E-state index contributed by atoms with van der Waals surface area (Å²) < 4.78 is 9.19. The number of rotatable bonds is 3. The van der Waals surface area contributed by atoms with Gasteiger partial charge in [0.2, 0.25) is 0 Å². The zero-order valence-corrected chi connectivity index (χ0v) is 8.55. The van der Waals surface area contributed by atoms with E-state index >= 15 is 0 Å².